The van der Waals surface area contributed by atoms with Crippen LogP contribution in [-0.2, 0) is 0 Å². The monoisotopic (exact) mass is 360 g/mol. The normalized spacial score (nSPS) is 15.0. The van der Waals surface area contributed by atoms with Crippen molar-refractivity contribution in [2.24, 2.45) is 0 Å². The highest BCUT2D eigenvalue weighted by atomic mass is 32.1. The smallest absolute Gasteiger partial charge is 0.273 e. The molecule has 0 saturated carbocycles. The molecule has 0 spiro atoms. The van der Waals surface area contributed by atoms with E-state index >= 15 is 0 Å². The quantitative estimate of drug-likeness (QED) is 0.900. The summed E-state index contributed by atoms with van der Waals surface area (Å²) >= 11 is 1.25. The Hall–Kier alpha value is -2.45. The summed E-state index contributed by atoms with van der Waals surface area (Å²) in [5.41, 5.74) is 0.877. The third kappa shape index (κ3) is 4.15. The molecule has 1 N–H and O–H groups in total. The van der Waals surface area contributed by atoms with Gasteiger partial charge in [0.05, 0.1) is 7.11 Å². The number of ether oxygens (including phenoxy) is 1. The van der Waals surface area contributed by atoms with E-state index < -0.39 is 0 Å². The first kappa shape index (κ1) is 17.4. The number of piperazine rings is 1. The molecule has 1 fully saturated rings. The van der Waals surface area contributed by atoms with Gasteiger partial charge in [-0.3, -0.25) is 14.9 Å². The van der Waals surface area contributed by atoms with Crippen molar-refractivity contribution < 1.29 is 14.3 Å². The summed E-state index contributed by atoms with van der Waals surface area (Å²) in [6.45, 7) is 3.11. The SMILES string of the molecule is COc1ccc(C(=O)Nc2nc(C(=O)N3CCN(C)CC3)cs2)cc1. The maximum atomic E-state index is 12.5. The van der Waals surface area contributed by atoms with Gasteiger partial charge in [0, 0.05) is 37.1 Å². The fraction of sp³-hybridized carbons (Fsp3) is 0.353. The van der Waals surface area contributed by atoms with Gasteiger partial charge in [-0.05, 0) is 31.3 Å². The van der Waals surface area contributed by atoms with Gasteiger partial charge in [-0.1, -0.05) is 0 Å². The fourth-order valence-corrected chi connectivity index (χ4v) is 3.19. The van der Waals surface area contributed by atoms with Crippen molar-refractivity contribution in [1.82, 2.24) is 14.8 Å². The second-order valence-corrected chi connectivity index (χ2v) is 6.67. The van der Waals surface area contributed by atoms with Gasteiger partial charge in [0.15, 0.2) is 5.13 Å². The van der Waals surface area contributed by atoms with Crippen LogP contribution in [0.1, 0.15) is 20.8 Å². The molecule has 0 radical (unpaired) electrons. The molecule has 0 unspecified atom stereocenters. The lowest BCUT2D eigenvalue weighted by molar-refractivity contribution is 0.0659. The largest absolute Gasteiger partial charge is 0.497 e. The molecule has 0 aliphatic carbocycles. The van der Waals surface area contributed by atoms with Crippen molar-refractivity contribution in [2.45, 2.75) is 0 Å². The molecule has 1 saturated heterocycles. The Labute approximate surface area is 150 Å². The highest BCUT2D eigenvalue weighted by Crippen LogP contribution is 2.19. The molecule has 3 rings (SSSR count). The average molecular weight is 360 g/mol. The summed E-state index contributed by atoms with van der Waals surface area (Å²) in [5.74, 6) is 0.329. The maximum Gasteiger partial charge on any atom is 0.273 e. The van der Waals surface area contributed by atoms with Crippen LogP contribution >= 0.6 is 11.3 Å². The second kappa shape index (κ2) is 7.62. The Bertz CT molecular complexity index is 752. The molecular weight excluding hydrogens is 340 g/mol. The van der Waals surface area contributed by atoms with Gasteiger partial charge >= 0.3 is 0 Å². The van der Waals surface area contributed by atoms with Crippen LogP contribution < -0.4 is 10.1 Å². The number of rotatable bonds is 4. The van der Waals surface area contributed by atoms with Crippen LogP contribution in [0.4, 0.5) is 5.13 Å². The van der Waals surface area contributed by atoms with Crippen LogP contribution in [0.2, 0.25) is 0 Å². The summed E-state index contributed by atoms with van der Waals surface area (Å²) < 4.78 is 5.07. The average Bonchev–Trinajstić information content (AvgIpc) is 3.10. The molecular formula is C17H20N4O3S. The number of carbonyl (C=O) groups is 2. The van der Waals surface area contributed by atoms with Crippen LogP contribution in [0, 0.1) is 0 Å². The summed E-state index contributed by atoms with van der Waals surface area (Å²) in [5, 5.41) is 4.83. The van der Waals surface area contributed by atoms with E-state index in [1.165, 1.54) is 11.3 Å². The van der Waals surface area contributed by atoms with Crippen molar-refractivity contribution in [3.63, 3.8) is 0 Å². The standard InChI is InChI=1S/C17H20N4O3S/c1-20-7-9-21(10-8-20)16(23)14-11-25-17(18-14)19-15(22)12-3-5-13(24-2)6-4-12/h3-6,11H,7-10H2,1-2H3,(H,18,19,22). The molecule has 7 nitrogen and oxygen atoms in total. The number of amides is 2. The molecule has 1 aromatic carbocycles. The number of benzene rings is 1. The van der Waals surface area contributed by atoms with Crippen molar-refractivity contribution in [3.05, 3.63) is 40.9 Å². The Morgan fingerprint density at radius 1 is 1.16 bits per heavy atom. The van der Waals surface area contributed by atoms with E-state index in [0.29, 0.717) is 35.2 Å². The number of hydrogen-bond donors (Lipinski definition) is 1. The Kier molecular flexibility index (Phi) is 5.30. The molecule has 132 valence electrons. The van der Waals surface area contributed by atoms with Crippen LogP contribution in [0.25, 0.3) is 0 Å². The van der Waals surface area contributed by atoms with Gasteiger partial charge < -0.3 is 14.5 Å². The van der Waals surface area contributed by atoms with Gasteiger partial charge in [-0.15, -0.1) is 11.3 Å². The minimum Gasteiger partial charge on any atom is -0.497 e. The predicted octanol–water partition coefficient (Wildman–Crippen LogP) is 1.79. The Morgan fingerprint density at radius 3 is 2.48 bits per heavy atom. The summed E-state index contributed by atoms with van der Waals surface area (Å²) in [6, 6.07) is 6.80. The minimum absolute atomic E-state index is 0.0886. The van der Waals surface area contributed by atoms with Crippen LogP contribution in [-0.4, -0.2) is 66.9 Å². The summed E-state index contributed by atoms with van der Waals surface area (Å²) in [4.78, 5) is 33.0. The number of nitrogens with zero attached hydrogens (tertiary/aromatic N) is 3. The number of likely N-dealkylation sites (N-methyl/N-ethyl adjacent to an activating group) is 1. The number of nitrogens with one attached hydrogen (secondary N) is 1. The third-order valence-corrected chi connectivity index (χ3v) is 4.84. The Morgan fingerprint density at radius 2 is 1.84 bits per heavy atom. The molecule has 8 heteroatoms. The number of aromatic nitrogens is 1. The zero-order valence-electron chi connectivity index (χ0n) is 14.2. The molecule has 2 amide bonds. The third-order valence-electron chi connectivity index (χ3n) is 4.09. The molecule has 0 atom stereocenters. The zero-order chi connectivity index (χ0) is 17.8. The van der Waals surface area contributed by atoms with Crippen molar-refractivity contribution >= 4 is 28.3 Å². The van der Waals surface area contributed by atoms with Gasteiger partial charge in [-0.2, -0.15) is 0 Å². The minimum atomic E-state index is -0.268. The first-order valence-electron chi connectivity index (χ1n) is 7.95. The highest BCUT2D eigenvalue weighted by molar-refractivity contribution is 7.14. The predicted molar refractivity (Wildman–Crippen MR) is 96.5 cm³/mol. The lowest BCUT2D eigenvalue weighted by atomic mass is 10.2. The van der Waals surface area contributed by atoms with E-state index in [2.05, 4.69) is 15.2 Å². The van der Waals surface area contributed by atoms with E-state index in [1.54, 1.807) is 41.7 Å². The molecule has 2 heterocycles. The molecule has 25 heavy (non-hydrogen) atoms. The molecule has 1 aliphatic rings. The number of anilines is 1. The lowest BCUT2D eigenvalue weighted by Crippen LogP contribution is -2.47. The lowest BCUT2D eigenvalue weighted by Gasteiger charge is -2.31. The first-order chi connectivity index (χ1) is 12.1. The van der Waals surface area contributed by atoms with Crippen LogP contribution in [0.3, 0.4) is 0 Å². The molecule has 0 bridgehead atoms. The van der Waals surface area contributed by atoms with Gasteiger partial charge in [-0.25, -0.2) is 4.98 Å². The molecule has 1 aromatic heterocycles. The van der Waals surface area contributed by atoms with E-state index in [0.717, 1.165) is 13.1 Å². The van der Waals surface area contributed by atoms with Crippen molar-refractivity contribution in [3.8, 4) is 5.75 Å². The van der Waals surface area contributed by atoms with E-state index in [1.807, 2.05) is 7.05 Å². The topological polar surface area (TPSA) is 74.8 Å². The molecule has 2 aromatic rings. The zero-order valence-corrected chi connectivity index (χ0v) is 15.0. The fourth-order valence-electron chi connectivity index (χ4n) is 2.51. The number of thiazole rings is 1. The highest BCUT2D eigenvalue weighted by Gasteiger charge is 2.22. The molecule has 1 aliphatic heterocycles. The Balaban J connectivity index is 1.62. The number of hydrogen-bond acceptors (Lipinski definition) is 6. The van der Waals surface area contributed by atoms with Gasteiger partial charge in [0.2, 0.25) is 0 Å². The summed E-state index contributed by atoms with van der Waals surface area (Å²) in [6.07, 6.45) is 0. The van der Waals surface area contributed by atoms with Gasteiger partial charge in [0.1, 0.15) is 11.4 Å². The number of methoxy groups -OCH3 is 1. The number of carbonyl (C=O) groups excluding carboxylic acids is 2. The van der Waals surface area contributed by atoms with Crippen molar-refractivity contribution in [2.75, 3.05) is 45.7 Å². The van der Waals surface area contributed by atoms with Crippen LogP contribution in [0.5, 0.6) is 5.75 Å². The summed E-state index contributed by atoms with van der Waals surface area (Å²) in [7, 11) is 3.61. The van der Waals surface area contributed by atoms with Crippen molar-refractivity contribution in [1.29, 1.82) is 0 Å². The van der Waals surface area contributed by atoms with E-state index in [-0.39, 0.29) is 11.8 Å². The van der Waals surface area contributed by atoms with E-state index in [9.17, 15) is 9.59 Å². The van der Waals surface area contributed by atoms with E-state index in [4.69, 9.17) is 4.74 Å². The van der Waals surface area contributed by atoms with Gasteiger partial charge in [0.25, 0.3) is 11.8 Å². The first-order valence-corrected chi connectivity index (χ1v) is 8.83. The second-order valence-electron chi connectivity index (χ2n) is 5.82. The maximum absolute atomic E-state index is 12.5. The van der Waals surface area contributed by atoms with Crippen LogP contribution in [0.15, 0.2) is 29.6 Å².